The predicted molar refractivity (Wildman–Crippen MR) is 72.7 cm³/mol. The van der Waals surface area contributed by atoms with E-state index in [1.807, 2.05) is 30.9 Å². The molecule has 4 nitrogen and oxygen atoms in total. The topological polar surface area (TPSA) is 43.9 Å². The van der Waals surface area contributed by atoms with Crippen molar-refractivity contribution in [3.05, 3.63) is 60.0 Å². The second-order valence-electron chi connectivity index (χ2n) is 4.63. The van der Waals surface area contributed by atoms with Gasteiger partial charge in [-0.05, 0) is 25.0 Å². The Labute approximate surface area is 111 Å². The Kier molecular flexibility index (Phi) is 2.91. The monoisotopic (exact) mass is 253 g/mol. The van der Waals surface area contributed by atoms with Gasteiger partial charge in [0.25, 0.3) is 0 Å². The smallest absolute Gasteiger partial charge is 0.141 e. The van der Waals surface area contributed by atoms with Gasteiger partial charge in [-0.2, -0.15) is 0 Å². The van der Waals surface area contributed by atoms with Crippen LogP contribution < -0.4 is 0 Å². The van der Waals surface area contributed by atoms with Crippen molar-refractivity contribution < 1.29 is 4.52 Å². The molecule has 0 bridgehead atoms. The molecular formula is C15H15N3O. The first-order valence-electron chi connectivity index (χ1n) is 6.22. The van der Waals surface area contributed by atoms with Crippen molar-refractivity contribution in [2.45, 2.75) is 20.4 Å². The lowest BCUT2D eigenvalue weighted by Gasteiger charge is -2.05. The molecule has 19 heavy (non-hydrogen) atoms. The van der Waals surface area contributed by atoms with Crippen LogP contribution in [-0.2, 0) is 6.54 Å². The first-order chi connectivity index (χ1) is 9.24. The average molecular weight is 253 g/mol. The van der Waals surface area contributed by atoms with E-state index in [9.17, 15) is 0 Å². The van der Waals surface area contributed by atoms with Crippen LogP contribution in [0.15, 0.2) is 47.5 Å². The number of aromatic nitrogens is 3. The van der Waals surface area contributed by atoms with Gasteiger partial charge in [-0.25, -0.2) is 4.98 Å². The fourth-order valence-electron chi connectivity index (χ4n) is 2.26. The molecule has 4 heteroatoms. The third kappa shape index (κ3) is 2.29. The van der Waals surface area contributed by atoms with Gasteiger partial charge in [0.1, 0.15) is 5.76 Å². The molecule has 2 aromatic heterocycles. The van der Waals surface area contributed by atoms with E-state index in [0.717, 1.165) is 29.1 Å². The number of hydrogen-bond acceptors (Lipinski definition) is 3. The summed E-state index contributed by atoms with van der Waals surface area (Å²) in [6, 6.07) is 8.47. The summed E-state index contributed by atoms with van der Waals surface area (Å²) >= 11 is 0. The van der Waals surface area contributed by atoms with Crippen LogP contribution in [0.3, 0.4) is 0 Å². The summed E-state index contributed by atoms with van der Waals surface area (Å²) in [4.78, 5) is 4.04. The molecule has 0 aliphatic rings. The van der Waals surface area contributed by atoms with Gasteiger partial charge >= 0.3 is 0 Å². The van der Waals surface area contributed by atoms with Crippen molar-refractivity contribution in [2.75, 3.05) is 0 Å². The van der Waals surface area contributed by atoms with Gasteiger partial charge in [-0.15, -0.1) is 0 Å². The van der Waals surface area contributed by atoms with Crippen molar-refractivity contribution in [3.8, 4) is 11.1 Å². The molecule has 0 aliphatic carbocycles. The maximum absolute atomic E-state index is 5.20. The van der Waals surface area contributed by atoms with Crippen molar-refractivity contribution in [1.29, 1.82) is 0 Å². The predicted octanol–water partition coefficient (Wildman–Crippen LogP) is 3.20. The van der Waals surface area contributed by atoms with E-state index in [2.05, 4.69) is 34.4 Å². The van der Waals surface area contributed by atoms with Crippen molar-refractivity contribution in [3.63, 3.8) is 0 Å². The Morgan fingerprint density at radius 3 is 2.53 bits per heavy atom. The summed E-state index contributed by atoms with van der Waals surface area (Å²) in [5, 5.41) is 3.99. The third-order valence-corrected chi connectivity index (χ3v) is 3.20. The van der Waals surface area contributed by atoms with Gasteiger partial charge < -0.3 is 9.09 Å². The fraction of sp³-hybridized carbons (Fsp3) is 0.200. The van der Waals surface area contributed by atoms with Crippen LogP contribution >= 0.6 is 0 Å². The first kappa shape index (κ1) is 11.7. The van der Waals surface area contributed by atoms with Gasteiger partial charge in [-0.3, -0.25) is 0 Å². The molecule has 3 aromatic rings. The Balaban J connectivity index is 1.87. The Bertz CT molecular complexity index is 646. The second kappa shape index (κ2) is 4.72. The quantitative estimate of drug-likeness (QED) is 0.720. The zero-order valence-corrected chi connectivity index (χ0v) is 11.0. The average Bonchev–Trinajstić information content (AvgIpc) is 3.02. The van der Waals surface area contributed by atoms with Crippen LogP contribution in [0.25, 0.3) is 11.1 Å². The van der Waals surface area contributed by atoms with Crippen molar-refractivity contribution in [2.24, 2.45) is 0 Å². The molecule has 0 atom stereocenters. The summed E-state index contributed by atoms with van der Waals surface area (Å²) < 4.78 is 7.25. The lowest BCUT2D eigenvalue weighted by molar-refractivity contribution is 0.393. The van der Waals surface area contributed by atoms with Crippen LogP contribution in [-0.4, -0.2) is 14.7 Å². The minimum atomic E-state index is 0.835. The Morgan fingerprint density at radius 1 is 1.16 bits per heavy atom. The fourth-order valence-corrected chi connectivity index (χ4v) is 2.26. The Morgan fingerprint density at radius 2 is 1.95 bits per heavy atom. The highest BCUT2D eigenvalue weighted by Gasteiger charge is 2.10. The van der Waals surface area contributed by atoms with Gasteiger partial charge in [-0.1, -0.05) is 29.4 Å². The van der Waals surface area contributed by atoms with Crippen LogP contribution in [0.4, 0.5) is 0 Å². The highest BCUT2D eigenvalue weighted by Crippen LogP contribution is 2.26. The summed E-state index contributed by atoms with van der Waals surface area (Å²) in [5.74, 6) is 0.861. The van der Waals surface area contributed by atoms with Crippen molar-refractivity contribution in [1.82, 2.24) is 14.7 Å². The van der Waals surface area contributed by atoms with E-state index < -0.39 is 0 Å². The van der Waals surface area contributed by atoms with Crippen LogP contribution in [0.5, 0.6) is 0 Å². The largest absolute Gasteiger partial charge is 0.361 e. The van der Waals surface area contributed by atoms with E-state index in [-0.39, 0.29) is 0 Å². The molecule has 2 heterocycles. The lowest BCUT2D eigenvalue weighted by atomic mass is 10.0. The lowest BCUT2D eigenvalue weighted by Crippen LogP contribution is -1.96. The van der Waals surface area contributed by atoms with E-state index in [1.165, 1.54) is 5.56 Å². The molecule has 0 fully saturated rings. The summed E-state index contributed by atoms with van der Waals surface area (Å²) in [5.41, 5.74) is 4.41. The standard InChI is InChI=1S/C15H15N3O/c1-11-15(12(2)19-17-11)14-5-3-13(4-6-14)9-18-8-7-16-10-18/h3-8,10H,9H2,1-2H3. The molecule has 0 aliphatic heterocycles. The van der Waals surface area contributed by atoms with Crippen LogP contribution in [0.2, 0.25) is 0 Å². The normalized spacial score (nSPS) is 10.8. The van der Waals surface area contributed by atoms with Gasteiger partial charge in [0.05, 0.1) is 12.0 Å². The van der Waals surface area contributed by atoms with Crippen LogP contribution in [0.1, 0.15) is 17.0 Å². The Hall–Kier alpha value is -2.36. The molecule has 0 unspecified atom stereocenters. The highest BCUT2D eigenvalue weighted by atomic mass is 16.5. The molecule has 0 saturated heterocycles. The second-order valence-corrected chi connectivity index (χ2v) is 4.63. The van der Waals surface area contributed by atoms with Gasteiger partial charge in [0.15, 0.2) is 0 Å². The minimum Gasteiger partial charge on any atom is -0.361 e. The minimum absolute atomic E-state index is 0.835. The maximum atomic E-state index is 5.20. The number of hydrogen-bond donors (Lipinski definition) is 0. The highest BCUT2D eigenvalue weighted by molar-refractivity contribution is 5.67. The van der Waals surface area contributed by atoms with E-state index in [0.29, 0.717) is 0 Å². The third-order valence-electron chi connectivity index (χ3n) is 3.20. The summed E-state index contributed by atoms with van der Waals surface area (Å²) in [6.07, 6.45) is 5.57. The van der Waals surface area contributed by atoms with Crippen molar-refractivity contribution >= 4 is 0 Å². The molecule has 0 N–H and O–H groups in total. The molecule has 0 radical (unpaired) electrons. The SMILES string of the molecule is Cc1noc(C)c1-c1ccc(Cn2ccnc2)cc1. The number of nitrogens with zero attached hydrogens (tertiary/aromatic N) is 3. The first-order valence-corrected chi connectivity index (χ1v) is 6.22. The zero-order chi connectivity index (χ0) is 13.2. The van der Waals surface area contributed by atoms with E-state index in [4.69, 9.17) is 4.52 Å². The van der Waals surface area contributed by atoms with Gasteiger partial charge in [0.2, 0.25) is 0 Å². The summed E-state index contributed by atoms with van der Waals surface area (Å²) in [6.45, 7) is 4.74. The summed E-state index contributed by atoms with van der Waals surface area (Å²) in [7, 11) is 0. The number of aryl methyl sites for hydroxylation is 2. The molecular weight excluding hydrogens is 238 g/mol. The molecule has 3 rings (SSSR count). The number of rotatable bonds is 3. The number of imidazole rings is 1. The molecule has 1 aromatic carbocycles. The maximum Gasteiger partial charge on any atom is 0.141 e. The molecule has 0 spiro atoms. The van der Waals surface area contributed by atoms with Crippen LogP contribution in [0, 0.1) is 13.8 Å². The molecule has 0 amide bonds. The zero-order valence-electron chi connectivity index (χ0n) is 11.0. The van der Waals surface area contributed by atoms with E-state index in [1.54, 1.807) is 6.20 Å². The van der Waals surface area contributed by atoms with E-state index >= 15 is 0 Å². The molecule has 96 valence electrons. The number of benzene rings is 1. The van der Waals surface area contributed by atoms with Gasteiger partial charge in [0, 0.05) is 24.5 Å². The molecule has 0 saturated carbocycles.